The summed E-state index contributed by atoms with van der Waals surface area (Å²) < 4.78 is 10.7. The van der Waals surface area contributed by atoms with Gasteiger partial charge in [-0.1, -0.05) is 33.8 Å². The van der Waals surface area contributed by atoms with E-state index in [1.165, 1.54) is 12.8 Å². The van der Waals surface area contributed by atoms with Crippen molar-refractivity contribution in [2.75, 3.05) is 27.3 Å². The Hall–Kier alpha value is -1.75. The maximum Gasteiger partial charge on any atom is 0.234 e. The molecule has 156 valence electrons. The van der Waals surface area contributed by atoms with Crippen molar-refractivity contribution in [3.05, 3.63) is 23.8 Å². The highest BCUT2D eigenvalue weighted by Gasteiger charge is 2.61. The van der Waals surface area contributed by atoms with Gasteiger partial charge in [0.05, 0.1) is 20.8 Å². The SMILES string of the molecule is CCN(CC(=O)N[C@H]1C[C@H]2CC[C@@]1(C)C2(C)C)Cc1ccc(OC)c(OC)c1. The van der Waals surface area contributed by atoms with Crippen LogP contribution in [0.15, 0.2) is 18.2 Å². The van der Waals surface area contributed by atoms with Crippen LogP contribution in [-0.2, 0) is 11.3 Å². The van der Waals surface area contributed by atoms with Gasteiger partial charge in [-0.3, -0.25) is 9.69 Å². The molecule has 2 saturated carbocycles. The quantitative estimate of drug-likeness (QED) is 0.735. The van der Waals surface area contributed by atoms with Gasteiger partial charge >= 0.3 is 0 Å². The van der Waals surface area contributed by atoms with E-state index in [0.717, 1.165) is 35.9 Å². The van der Waals surface area contributed by atoms with E-state index in [0.29, 0.717) is 24.5 Å². The van der Waals surface area contributed by atoms with Crippen LogP contribution < -0.4 is 14.8 Å². The largest absolute Gasteiger partial charge is 0.493 e. The molecule has 2 fully saturated rings. The van der Waals surface area contributed by atoms with E-state index in [2.05, 4.69) is 37.9 Å². The fourth-order valence-electron chi connectivity index (χ4n) is 5.38. The Labute approximate surface area is 169 Å². The number of rotatable bonds is 8. The third kappa shape index (κ3) is 3.61. The predicted octanol–water partition coefficient (Wildman–Crippen LogP) is 3.86. The number of carbonyl (C=O) groups is 1. The molecule has 0 spiro atoms. The molecular formula is C23H36N2O3. The maximum absolute atomic E-state index is 12.8. The Kier molecular flexibility index (Phi) is 5.95. The first kappa shape index (κ1) is 21.0. The van der Waals surface area contributed by atoms with Gasteiger partial charge in [-0.05, 0) is 60.3 Å². The molecule has 0 saturated heterocycles. The van der Waals surface area contributed by atoms with Crippen LogP contribution in [0.1, 0.15) is 52.5 Å². The van der Waals surface area contributed by atoms with Crippen molar-refractivity contribution in [1.29, 1.82) is 0 Å². The topological polar surface area (TPSA) is 50.8 Å². The van der Waals surface area contributed by atoms with Crippen LogP contribution >= 0.6 is 0 Å². The lowest BCUT2D eigenvalue weighted by Crippen LogP contribution is -2.49. The Morgan fingerprint density at radius 3 is 2.46 bits per heavy atom. The maximum atomic E-state index is 12.8. The van der Waals surface area contributed by atoms with Gasteiger partial charge in [0.15, 0.2) is 11.5 Å². The fourth-order valence-corrected chi connectivity index (χ4v) is 5.38. The summed E-state index contributed by atoms with van der Waals surface area (Å²) in [6, 6.07) is 6.23. The summed E-state index contributed by atoms with van der Waals surface area (Å²) in [5.74, 6) is 2.31. The van der Waals surface area contributed by atoms with Crippen molar-refractivity contribution < 1.29 is 14.3 Å². The van der Waals surface area contributed by atoms with Crippen molar-refractivity contribution >= 4 is 5.91 Å². The van der Waals surface area contributed by atoms with Crippen LogP contribution in [0.25, 0.3) is 0 Å². The molecule has 0 heterocycles. The van der Waals surface area contributed by atoms with Gasteiger partial charge < -0.3 is 14.8 Å². The summed E-state index contributed by atoms with van der Waals surface area (Å²) in [5.41, 5.74) is 1.64. The van der Waals surface area contributed by atoms with Crippen molar-refractivity contribution in [2.45, 2.75) is 59.5 Å². The number of nitrogens with zero attached hydrogens (tertiary/aromatic N) is 1. The van der Waals surface area contributed by atoms with Gasteiger partial charge in [0, 0.05) is 12.6 Å². The number of hydrogen-bond acceptors (Lipinski definition) is 4. The molecule has 3 atom stereocenters. The van der Waals surface area contributed by atoms with Crippen LogP contribution in [-0.4, -0.2) is 44.2 Å². The highest BCUT2D eigenvalue weighted by molar-refractivity contribution is 5.78. The number of fused-ring (bicyclic) bond motifs is 2. The van der Waals surface area contributed by atoms with Crippen molar-refractivity contribution in [3.63, 3.8) is 0 Å². The molecule has 0 aliphatic heterocycles. The molecular weight excluding hydrogens is 352 g/mol. The second-order valence-electron chi connectivity index (χ2n) is 9.22. The van der Waals surface area contributed by atoms with E-state index in [1.807, 2.05) is 18.2 Å². The summed E-state index contributed by atoms with van der Waals surface area (Å²) in [4.78, 5) is 15.0. The monoisotopic (exact) mass is 388 g/mol. The van der Waals surface area contributed by atoms with E-state index < -0.39 is 0 Å². The molecule has 2 aliphatic carbocycles. The standard InChI is InChI=1S/C23H36N2O3/c1-7-25(14-16-8-9-18(27-5)19(12-16)28-6)15-21(26)24-20-13-17-10-11-23(20,4)22(17,2)3/h8-9,12,17,20H,7,10-11,13-15H2,1-6H3,(H,24,26)/t17-,20+,23-/m1/s1. The summed E-state index contributed by atoms with van der Waals surface area (Å²) >= 11 is 0. The van der Waals surface area contributed by atoms with Crippen LogP contribution in [0.5, 0.6) is 11.5 Å². The van der Waals surface area contributed by atoms with E-state index >= 15 is 0 Å². The lowest BCUT2D eigenvalue weighted by molar-refractivity contribution is -0.124. The van der Waals surface area contributed by atoms with E-state index in [1.54, 1.807) is 14.2 Å². The molecule has 5 heteroatoms. The van der Waals surface area contributed by atoms with Gasteiger partial charge in [-0.15, -0.1) is 0 Å². The van der Waals surface area contributed by atoms with E-state index in [9.17, 15) is 4.79 Å². The zero-order chi connectivity index (χ0) is 20.5. The van der Waals surface area contributed by atoms with Crippen molar-refractivity contribution in [2.24, 2.45) is 16.7 Å². The molecule has 1 N–H and O–H groups in total. The number of methoxy groups -OCH3 is 2. The summed E-state index contributed by atoms with van der Waals surface area (Å²) in [6.45, 7) is 11.2. The highest BCUT2D eigenvalue weighted by Crippen LogP contribution is 2.65. The predicted molar refractivity (Wildman–Crippen MR) is 112 cm³/mol. The van der Waals surface area contributed by atoms with Gasteiger partial charge in [-0.25, -0.2) is 0 Å². The molecule has 1 aromatic rings. The number of amides is 1. The Balaban J connectivity index is 1.60. The molecule has 2 bridgehead atoms. The fraction of sp³-hybridized carbons (Fsp3) is 0.696. The third-order valence-corrected chi connectivity index (χ3v) is 7.80. The number of likely N-dealkylation sites (N-methyl/N-ethyl adjacent to an activating group) is 1. The lowest BCUT2D eigenvalue weighted by atomic mass is 9.69. The molecule has 1 amide bonds. The zero-order valence-corrected chi connectivity index (χ0v) is 18.3. The molecule has 1 aromatic carbocycles. The van der Waals surface area contributed by atoms with Crippen LogP contribution in [0.3, 0.4) is 0 Å². The molecule has 0 unspecified atom stereocenters. The van der Waals surface area contributed by atoms with E-state index in [4.69, 9.17) is 9.47 Å². The second-order valence-corrected chi connectivity index (χ2v) is 9.22. The lowest BCUT2D eigenvalue weighted by Gasteiger charge is -2.39. The summed E-state index contributed by atoms with van der Waals surface area (Å²) in [5, 5.41) is 3.37. The minimum absolute atomic E-state index is 0.136. The average molecular weight is 389 g/mol. The van der Waals surface area contributed by atoms with Gasteiger partial charge in [0.2, 0.25) is 5.91 Å². The number of carbonyl (C=O) groups excluding carboxylic acids is 1. The first-order chi connectivity index (χ1) is 13.2. The van der Waals surface area contributed by atoms with Gasteiger partial charge in [-0.2, -0.15) is 0 Å². The van der Waals surface area contributed by atoms with Crippen LogP contribution in [0.4, 0.5) is 0 Å². The minimum atomic E-state index is 0.136. The molecule has 2 aliphatic rings. The number of nitrogens with one attached hydrogen (secondary N) is 1. The number of hydrogen-bond donors (Lipinski definition) is 1. The molecule has 28 heavy (non-hydrogen) atoms. The van der Waals surface area contributed by atoms with Gasteiger partial charge in [0.1, 0.15) is 0 Å². The minimum Gasteiger partial charge on any atom is -0.493 e. The van der Waals surface area contributed by atoms with Crippen LogP contribution in [0, 0.1) is 16.7 Å². The average Bonchev–Trinajstić information content (AvgIpc) is 3.00. The number of benzene rings is 1. The van der Waals surface area contributed by atoms with Gasteiger partial charge in [0.25, 0.3) is 0 Å². The Morgan fingerprint density at radius 1 is 1.21 bits per heavy atom. The first-order valence-corrected chi connectivity index (χ1v) is 10.5. The first-order valence-electron chi connectivity index (χ1n) is 10.5. The molecule has 3 rings (SSSR count). The molecule has 0 aromatic heterocycles. The van der Waals surface area contributed by atoms with Crippen molar-refractivity contribution in [3.8, 4) is 11.5 Å². The Bertz CT molecular complexity index is 718. The second kappa shape index (κ2) is 7.94. The number of ether oxygens (including phenoxy) is 2. The summed E-state index contributed by atoms with van der Waals surface area (Å²) in [7, 11) is 3.28. The van der Waals surface area contributed by atoms with Crippen LogP contribution in [0.2, 0.25) is 0 Å². The zero-order valence-electron chi connectivity index (χ0n) is 18.3. The Morgan fingerprint density at radius 2 is 1.93 bits per heavy atom. The normalized spacial score (nSPS) is 27.8. The molecule has 5 nitrogen and oxygen atoms in total. The highest BCUT2D eigenvalue weighted by atomic mass is 16.5. The smallest absolute Gasteiger partial charge is 0.234 e. The van der Waals surface area contributed by atoms with E-state index in [-0.39, 0.29) is 11.3 Å². The third-order valence-electron chi connectivity index (χ3n) is 7.80. The molecule has 0 radical (unpaired) electrons. The summed E-state index contributed by atoms with van der Waals surface area (Å²) in [6.07, 6.45) is 3.64. The van der Waals surface area contributed by atoms with Crippen molar-refractivity contribution in [1.82, 2.24) is 10.2 Å².